The maximum Gasteiger partial charge on any atom is 0.247 e. The average molecular weight is 553 g/mol. The Labute approximate surface area is 233 Å². The molecule has 3 aromatic rings. The van der Waals surface area contributed by atoms with Crippen molar-refractivity contribution in [1.29, 1.82) is 0 Å². The van der Waals surface area contributed by atoms with Crippen LogP contribution in [0, 0.1) is 0 Å². The van der Waals surface area contributed by atoms with E-state index >= 15 is 0 Å². The van der Waals surface area contributed by atoms with E-state index in [-0.39, 0.29) is 22.7 Å². The highest BCUT2D eigenvalue weighted by molar-refractivity contribution is 6.33. The first-order valence-corrected chi connectivity index (χ1v) is 12.4. The Bertz CT molecular complexity index is 1330. The fraction of sp³-hybridized carbons (Fsp3) is 0.259. The molecular weight excluding hydrogens is 520 g/mol. The van der Waals surface area contributed by atoms with Crippen LogP contribution >= 0.6 is 11.6 Å². The molecule has 1 heterocycles. The Hall–Kier alpha value is -4.35. The standard InChI is InChI=1S/C27H33ClN8O3/c1-7-25(38)31-20-14-21(24(39-6)15-23(20)35(5)13-12-34(3)4)32-27-30-16-18(28)26(33-27)36(17-37)22-11-9-8-10-19(22)29-2/h7-11,14-17,29H,1,12-13H2,2-6H3,(H,31,38)(H,30,32,33). The summed E-state index contributed by atoms with van der Waals surface area (Å²) in [6, 6.07) is 10.8. The van der Waals surface area contributed by atoms with Crippen LogP contribution in [0.2, 0.25) is 5.02 Å². The number of carbonyl (C=O) groups is 2. The van der Waals surface area contributed by atoms with Crippen LogP contribution < -0.4 is 30.5 Å². The van der Waals surface area contributed by atoms with Crippen LogP contribution in [0.4, 0.5) is 40.2 Å². The molecule has 0 aliphatic carbocycles. The normalized spacial score (nSPS) is 10.5. The van der Waals surface area contributed by atoms with Crippen LogP contribution in [0.3, 0.4) is 0 Å². The predicted molar refractivity (Wildman–Crippen MR) is 158 cm³/mol. The number of methoxy groups -OCH3 is 1. The largest absolute Gasteiger partial charge is 0.494 e. The molecule has 0 saturated heterocycles. The molecule has 12 heteroatoms. The molecule has 0 fully saturated rings. The SMILES string of the molecule is C=CC(=O)Nc1cc(Nc2ncc(Cl)c(N(C=O)c3ccccc3NC)n2)c(OC)cc1N(C)CCN(C)C. The zero-order chi connectivity index (χ0) is 28.5. The number of carbonyl (C=O) groups excluding carboxylic acids is 2. The van der Waals surface area contributed by atoms with Gasteiger partial charge < -0.3 is 30.5 Å². The monoisotopic (exact) mass is 552 g/mol. The molecule has 0 saturated carbocycles. The van der Waals surface area contributed by atoms with Gasteiger partial charge in [0.15, 0.2) is 5.82 Å². The Kier molecular flexibility index (Phi) is 10.1. The Morgan fingerprint density at radius 3 is 2.49 bits per heavy atom. The van der Waals surface area contributed by atoms with Gasteiger partial charge in [0.2, 0.25) is 18.3 Å². The highest BCUT2D eigenvalue weighted by Crippen LogP contribution is 2.39. The molecule has 0 spiro atoms. The van der Waals surface area contributed by atoms with Gasteiger partial charge in [-0.15, -0.1) is 0 Å². The third-order valence-electron chi connectivity index (χ3n) is 5.79. The number of hydrogen-bond donors (Lipinski definition) is 3. The van der Waals surface area contributed by atoms with Gasteiger partial charge in [-0.3, -0.25) is 14.5 Å². The van der Waals surface area contributed by atoms with E-state index in [0.29, 0.717) is 41.5 Å². The third-order valence-corrected chi connectivity index (χ3v) is 6.06. The zero-order valence-corrected chi connectivity index (χ0v) is 23.4. The molecule has 0 radical (unpaired) electrons. The molecule has 11 nitrogen and oxygen atoms in total. The molecule has 39 heavy (non-hydrogen) atoms. The van der Waals surface area contributed by atoms with E-state index < -0.39 is 0 Å². The van der Waals surface area contributed by atoms with E-state index in [1.807, 2.05) is 50.3 Å². The highest BCUT2D eigenvalue weighted by atomic mass is 35.5. The fourth-order valence-electron chi connectivity index (χ4n) is 3.73. The number of aromatic nitrogens is 2. The van der Waals surface area contributed by atoms with Crippen LogP contribution in [0.1, 0.15) is 0 Å². The summed E-state index contributed by atoms with van der Waals surface area (Å²) in [6.45, 7) is 5.06. The summed E-state index contributed by atoms with van der Waals surface area (Å²) in [5.41, 5.74) is 3.06. The second kappa shape index (κ2) is 13.4. The maximum atomic E-state index is 12.2. The molecule has 0 unspecified atom stereocenters. The van der Waals surface area contributed by atoms with E-state index in [2.05, 4.69) is 37.4 Å². The molecule has 3 rings (SSSR count). The number of anilines is 7. The number of benzene rings is 2. The van der Waals surface area contributed by atoms with Gasteiger partial charge in [0.05, 0.1) is 41.7 Å². The van der Waals surface area contributed by atoms with Crippen molar-refractivity contribution in [2.75, 3.05) is 74.1 Å². The summed E-state index contributed by atoms with van der Waals surface area (Å²) in [5, 5.41) is 9.23. The molecule has 0 aliphatic heterocycles. The maximum absolute atomic E-state index is 12.2. The molecule has 0 aliphatic rings. The Balaban J connectivity index is 2.04. The Morgan fingerprint density at radius 2 is 1.85 bits per heavy atom. The number of nitrogens with zero attached hydrogens (tertiary/aromatic N) is 5. The lowest BCUT2D eigenvalue weighted by Gasteiger charge is -2.26. The second-order valence-corrected chi connectivity index (χ2v) is 9.13. The van der Waals surface area contributed by atoms with Crippen molar-refractivity contribution in [1.82, 2.24) is 14.9 Å². The topological polar surface area (TPSA) is 115 Å². The molecule has 1 aromatic heterocycles. The molecule has 2 aromatic carbocycles. The molecule has 3 N–H and O–H groups in total. The number of likely N-dealkylation sites (N-methyl/N-ethyl adjacent to an activating group) is 2. The quantitative estimate of drug-likeness (QED) is 0.210. The van der Waals surface area contributed by atoms with Crippen LogP contribution in [0.5, 0.6) is 5.75 Å². The van der Waals surface area contributed by atoms with Gasteiger partial charge in [-0.1, -0.05) is 30.3 Å². The highest BCUT2D eigenvalue weighted by Gasteiger charge is 2.20. The van der Waals surface area contributed by atoms with Crippen molar-refractivity contribution in [2.24, 2.45) is 0 Å². The summed E-state index contributed by atoms with van der Waals surface area (Å²) in [4.78, 5) is 38.6. The third kappa shape index (κ3) is 7.15. The zero-order valence-electron chi connectivity index (χ0n) is 22.7. The summed E-state index contributed by atoms with van der Waals surface area (Å²) < 4.78 is 5.65. The number of halogens is 1. The van der Waals surface area contributed by atoms with Gasteiger partial charge in [-0.2, -0.15) is 4.98 Å². The molecule has 206 valence electrons. The minimum absolute atomic E-state index is 0.163. The molecule has 0 bridgehead atoms. The minimum atomic E-state index is -0.358. The first-order valence-electron chi connectivity index (χ1n) is 12.0. The fourth-order valence-corrected chi connectivity index (χ4v) is 3.91. The summed E-state index contributed by atoms with van der Waals surface area (Å²) in [5.74, 6) is 0.483. The minimum Gasteiger partial charge on any atom is -0.494 e. The van der Waals surface area contributed by atoms with E-state index in [4.69, 9.17) is 16.3 Å². The van der Waals surface area contributed by atoms with Crippen molar-refractivity contribution in [3.63, 3.8) is 0 Å². The number of amides is 2. The summed E-state index contributed by atoms with van der Waals surface area (Å²) in [7, 11) is 9.22. The number of para-hydroxylation sites is 2. The van der Waals surface area contributed by atoms with Gasteiger partial charge in [0.25, 0.3) is 0 Å². The lowest BCUT2D eigenvalue weighted by atomic mass is 10.2. The predicted octanol–water partition coefficient (Wildman–Crippen LogP) is 4.34. The van der Waals surface area contributed by atoms with Crippen molar-refractivity contribution in [3.05, 3.63) is 60.3 Å². The van der Waals surface area contributed by atoms with Crippen LogP contribution in [-0.4, -0.2) is 75.6 Å². The summed E-state index contributed by atoms with van der Waals surface area (Å²) >= 11 is 6.42. The molecular formula is C27H33ClN8O3. The first-order chi connectivity index (χ1) is 18.7. The second-order valence-electron chi connectivity index (χ2n) is 8.72. The number of ether oxygens (including phenoxy) is 1. The van der Waals surface area contributed by atoms with Gasteiger partial charge in [-0.25, -0.2) is 4.98 Å². The van der Waals surface area contributed by atoms with E-state index in [1.165, 1.54) is 17.2 Å². The smallest absolute Gasteiger partial charge is 0.247 e. The van der Waals surface area contributed by atoms with Gasteiger partial charge >= 0.3 is 0 Å². The van der Waals surface area contributed by atoms with Crippen LogP contribution in [0.25, 0.3) is 0 Å². The van der Waals surface area contributed by atoms with Crippen molar-refractivity contribution < 1.29 is 14.3 Å². The number of hydrogen-bond acceptors (Lipinski definition) is 9. The van der Waals surface area contributed by atoms with Gasteiger partial charge in [0.1, 0.15) is 10.8 Å². The van der Waals surface area contributed by atoms with Crippen molar-refractivity contribution in [3.8, 4) is 5.75 Å². The van der Waals surface area contributed by atoms with Gasteiger partial charge in [-0.05, 0) is 38.4 Å². The van der Waals surface area contributed by atoms with E-state index in [1.54, 1.807) is 26.3 Å². The lowest BCUT2D eigenvalue weighted by molar-refractivity contribution is -0.112. The van der Waals surface area contributed by atoms with E-state index in [9.17, 15) is 9.59 Å². The average Bonchev–Trinajstić information content (AvgIpc) is 2.94. The Morgan fingerprint density at radius 1 is 1.10 bits per heavy atom. The number of nitrogens with one attached hydrogen (secondary N) is 3. The number of rotatable bonds is 13. The van der Waals surface area contributed by atoms with Crippen LogP contribution in [0.15, 0.2) is 55.3 Å². The summed E-state index contributed by atoms with van der Waals surface area (Å²) in [6.07, 6.45) is 3.24. The van der Waals surface area contributed by atoms with Crippen molar-refractivity contribution in [2.45, 2.75) is 0 Å². The van der Waals surface area contributed by atoms with E-state index in [0.717, 1.165) is 12.2 Å². The molecule has 0 atom stereocenters. The van der Waals surface area contributed by atoms with Gasteiger partial charge in [0, 0.05) is 33.3 Å². The lowest BCUT2D eigenvalue weighted by Crippen LogP contribution is -2.29. The molecule has 2 amide bonds. The first kappa shape index (κ1) is 29.2. The van der Waals surface area contributed by atoms with Crippen LogP contribution in [-0.2, 0) is 9.59 Å². The van der Waals surface area contributed by atoms with Crippen molar-refractivity contribution >= 4 is 64.1 Å².